The molecule has 2 saturated carbocycles. The molecule has 1 amide bonds. The number of carbonyl (C=O) groups is 1. The lowest BCUT2D eigenvalue weighted by Gasteiger charge is -2.39. The zero-order valence-corrected chi connectivity index (χ0v) is 17.6. The Hall–Kier alpha value is -2.25. The highest BCUT2D eigenvalue weighted by Crippen LogP contribution is 2.41. The maximum absolute atomic E-state index is 14.0. The Kier molecular flexibility index (Phi) is 6.72. The molecule has 0 saturated heterocycles. The van der Waals surface area contributed by atoms with E-state index >= 15 is 0 Å². The number of alkyl halides is 3. The quantitative estimate of drug-likeness (QED) is 0.586. The van der Waals surface area contributed by atoms with Crippen molar-refractivity contribution < 1.29 is 22.7 Å². The number of hydrazone groups is 1. The summed E-state index contributed by atoms with van der Waals surface area (Å²) in [6.45, 7) is -0.150. The fraction of sp³-hybridized carbons (Fsp3) is 0.652. The van der Waals surface area contributed by atoms with Crippen LogP contribution in [0.1, 0.15) is 75.3 Å². The standard InChI is InChI=1S/C23H30F3N3O2/c24-23(25,26)18-13-17(20-14-31-22(30)29-28-20)11-12-19(18)27-21(15-7-3-1-4-8-15)16-9-5-2-6-10-16/h11-13,15-16,21,27H,1-10,14H2,(H,29,30). The second-order valence-corrected chi connectivity index (χ2v) is 8.97. The van der Waals surface area contributed by atoms with E-state index in [9.17, 15) is 18.0 Å². The summed E-state index contributed by atoms with van der Waals surface area (Å²) in [5.41, 5.74) is 2.16. The first kappa shape index (κ1) is 22.0. The molecule has 0 spiro atoms. The van der Waals surface area contributed by atoms with Crippen LogP contribution in [0.5, 0.6) is 0 Å². The Bertz CT molecular complexity index is 795. The third-order valence-electron chi connectivity index (χ3n) is 6.92. The molecule has 0 radical (unpaired) electrons. The zero-order chi connectivity index (χ0) is 21.8. The van der Waals surface area contributed by atoms with E-state index in [2.05, 4.69) is 15.8 Å². The number of rotatable bonds is 5. The van der Waals surface area contributed by atoms with Crippen LogP contribution < -0.4 is 10.7 Å². The summed E-state index contributed by atoms with van der Waals surface area (Å²) in [6, 6.07) is 4.31. The van der Waals surface area contributed by atoms with Crippen molar-refractivity contribution in [2.45, 2.75) is 76.4 Å². The molecule has 8 heteroatoms. The maximum atomic E-state index is 14.0. The molecule has 31 heavy (non-hydrogen) atoms. The molecule has 5 nitrogen and oxygen atoms in total. The van der Waals surface area contributed by atoms with Crippen LogP contribution in [0.15, 0.2) is 23.3 Å². The number of hydrogen-bond acceptors (Lipinski definition) is 4. The average Bonchev–Trinajstić information content (AvgIpc) is 2.78. The first-order chi connectivity index (χ1) is 14.9. The van der Waals surface area contributed by atoms with E-state index < -0.39 is 17.8 Å². The summed E-state index contributed by atoms with van der Waals surface area (Å²) in [6.07, 6.45) is 6.21. The van der Waals surface area contributed by atoms with Gasteiger partial charge >= 0.3 is 12.3 Å². The fourth-order valence-corrected chi connectivity index (χ4v) is 5.33. The molecule has 1 heterocycles. The highest BCUT2D eigenvalue weighted by atomic mass is 19.4. The van der Waals surface area contributed by atoms with Crippen molar-refractivity contribution in [3.05, 3.63) is 29.3 Å². The molecule has 0 unspecified atom stereocenters. The van der Waals surface area contributed by atoms with Crippen LogP contribution in [0.25, 0.3) is 0 Å². The van der Waals surface area contributed by atoms with E-state index in [1.807, 2.05) is 0 Å². The van der Waals surface area contributed by atoms with Gasteiger partial charge in [-0.1, -0.05) is 44.6 Å². The van der Waals surface area contributed by atoms with Gasteiger partial charge in [-0.3, -0.25) is 0 Å². The molecular weight excluding hydrogens is 407 g/mol. The number of amides is 1. The normalized spacial score (nSPS) is 21.4. The summed E-state index contributed by atoms with van der Waals surface area (Å²) >= 11 is 0. The minimum Gasteiger partial charge on any atom is -0.442 e. The first-order valence-corrected chi connectivity index (χ1v) is 11.4. The van der Waals surface area contributed by atoms with Crippen molar-refractivity contribution in [1.29, 1.82) is 0 Å². The fourth-order valence-electron chi connectivity index (χ4n) is 5.33. The monoisotopic (exact) mass is 437 g/mol. The van der Waals surface area contributed by atoms with Gasteiger partial charge in [-0.05, 0) is 49.7 Å². The van der Waals surface area contributed by atoms with Crippen LogP contribution in [0.3, 0.4) is 0 Å². The van der Waals surface area contributed by atoms with E-state index in [0.29, 0.717) is 17.4 Å². The molecule has 4 rings (SSSR count). The Morgan fingerprint density at radius 3 is 2.13 bits per heavy atom. The van der Waals surface area contributed by atoms with Crippen molar-refractivity contribution in [2.24, 2.45) is 16.9 Å². The first-order valence-electron chi connectivity index (χ1n) is 11.4. The van der Waals surface area contributed by atoms with Gasteiger partial charge in [0.15, 0.2) is 0 Å². The molecule has 2 aliphatic carbocycles. The molecule has 2 fully saturated rings. The van der Waals surface area contributed by atoms with Crippen LogP contribution >= 0.6 is 0 Å². The van der Waals surface area contributed by atoms with Gasteiger partial charge in [-0.2, -0.15) is 18.3 Å². The second kappa shape index (κ2) is 9.49. The molecule has 0 bridgehead atoms. The summed E-state index contributed by atoms with van der Waals surface area (Å²) in [7, 11) is 0. The minimum absolute atomic E-state index is 0.0715. The molecule has 2 N–H and O–H groups in total. The molecular formula is C23H30F3N3O2. The van der Waals surface area contributed by atoms with E-state index in [-0.39, 0.29) is 24.0 Å². The smallest absolute Gasteiger partial charge is 0.428 e. The number of carbonyl (C=O) groups excluding carboxylic acids is 1. The van der Waals surface area contributed by atoms with Crippen LogP contribution in [0.2, 0.25) is 0 Å². The zero-order valence-electron chi connectivity index (χ0n) is 17.6. The third kappa shape index (κ3) is 5.33. The number of anilines is 1. The lowest BCUT2D eigenvalue weighted by Crippen LogP contribution is -2.39. The largest absolute Gasteiger partial charge is 0.442 e. The Labute approximate surface area is 180 Å². The highest BCUT2D eigenvalue weighted by Gasteiger charge is 2.37. The molecule has 1 aromatic carbocycles. The van der Waals surface area contributed by atoms with E-state index in [4.69, 9.17) is 4.74 Å². The van der Waals surface area contributed by atoms with Gasteiger partial charge < -0.3 is 10.1 Å². The number of ether oxygens (including phenoxy) is 1. The van der Waals surface area contributed by atoms with Crippen molar-refractivity contribution in [1.82, 2.24) is 5.43 Å². The molecule has 0 aromatic heterocycles. The Balaban J connectivity index is 1.63. The average molecular weight is 438 g/mol. The SMILES string of the molecule is O=C1NN=C(c2ccc(NC(C3CCCCC3)C3CCCCC3)c(C(F)(F)F)c2)CO1. The van der Waals surface area contributed by atoms with Crippen molar-refractivity contribution in [3.8, 4) is 0 Å². The van der Waals surface area contributed by atoms with Gasteiger partial charge in [-0.25, -0.2) is 10.2 Å². The molecule has 0 atom stereocenters. The third-order valence-corrected chi connectivity index (χ3v) is 6.92. The van der Waals surface area contributed by atoms with Crippen LogP contribution in [0, 0.1) is 11.8 Å². The van der Waals surface area contributed by atoms with Crippen LogP contribution in [0.4, 0.5) is 23.7 Å². The van der Waals surface area contributed by atoms with Crippen molar-refractivity contribution >= 4 is 17.5 Å². The number of nitrogens with one attached hydrogen (secondary N) is 2. The van der Waals surface area contributed by atoms with E-state index in [1.54, 1.807) is 6.07 Å². The van der Waals surface area contributed by atoms with Crippen molar-refractivity contribution in [2.75, 3.05) is 11.9 Å². The van der Waals surface area contributed by atoms with Gasteiger partial charge in [0.25, 0.3) is 0 Å². The van der Waals surface area contributed by atoms with Crippen LogP contribution in [-0.4, -0.2) is 24.5 Å². The predicted octanol–water partition coefficient (Wildman–Crippen LogP) is 6.09. The van der Waals surface area contributed by atoms with E-state index in [0.717, 1.165) is 57.4 Å². The lowest BCUT2D eigenvalue weighted by molar-refractivity contribution is -0.137. The summed E-state index contributed by atoms with van der Waals surface area (Å²) in [5, 5.41) is 7.22. The number of nitrogens with zero attached hydrogens (tertiary/aromatic N) is 1. The van der Waals surface area contributed by atoms with Gasteiger partial charge in [0, 0.05) is 17.3 Å². The van der Waals surface area contributed by atoms with Gasteiger partial charge in [-0.15, -0.1) is 0 Å². The Morgan fingerprint density at radius 1 is 1.00 bits per heavy atom. The topological polar surface area (TPSA) is 62.7 Å². The van der Waals surface area contributed by atoms with Crippen molar-refractivity contribution in [3.63, 3.8) is 0 Å². The molecule has 170 valence electrons. The molecule has 1 aromatic rings. The molecule has 1 aliphatic heterocycles. The van der Waals surface area contributed by atoms with Crippen LogP contribution in [-0.2, 0) is 10.9 Å². The van der Waals surface area contributed by atoms with Gasteiger partial charge in [0.1, 0.15) is 12.3 Å². The van der Waals surface area contributed by atoms with Gasteiger partial charge in [0.2, 0.25) is 0 Å². The predicted molar refractivity (Wildman–Crippen MR) is 113 cm³/mol. The summed E-state index contributed by atoms with van der Waals surface area (Å²) in [5.74, 6) is 0.841. The number of cyclic esters (lactones) is 1. The second-order valence-electron chi connectivity index (χ2n) is 8.97. The number of halogens is 3. The number of benzene rings is 1. The Morgan fingerprint density at radius 2 is 1.61 bits per heavy atom. The van der Waals surface area contributed by atoms with E-state index in [1.165, 1.54) is 18.9 Å². The summed E-state index contributed by atoms with van der Waals surface area (Å²) < 4.78 is 46.9. The summed E-state index contributed by atoms with van der Waals surface area (Å²) in [4.78, 5) is 11.1. The lowest BCUT2D eigenvalue weighted by atomic mass is 9.73. The highest BCUT2D eigenvalue weighted by molar-refractivity contribution is 6.04. The number of hydrogen-bond donors (Lipinski definition) is 2. The maximum Gasteiger partial charge on any atom is 0.428 e. The molecule has 3 aliphatic rings. The van der Waals surface area contributed by atoms with Gasteiger partial charge in [0.05, 0.1) is 5.56 Å². The minimum atomic E-state index is -4.50.